The van der Waals surface area contributed by atoms with Gasteiger partial charge in [0.05, 0.1) is 6.07 Å². The molecule has 0 unspecified atom stereocenters. The number of benzene rings is 1. The van der Waals surface area contributed by atoms with Gasteiger partial charge in [-0.05, 0) is 12.1 Å². The van der Waals surface area contributed by atoms with Gasteiger partial charge in [-0.1, -0.05) is 29.3 Å². The zero-order valence-corrected chi connectivity index (χ0v) is 12.3. The minimum atomic E-state index is 0.607. The van der Waals surface area contributed by atoms with Gasteiger partial charge in [0, 0.05) is 61.3 Å². The van der Waals surface area contributed by atoms with Gasteiger partial charge in [0.1, 0.15) is 0 Å². The van der Waals surface area contributed by atoms with Crippen molar-refractivity contribution in [3.05, 3.63) is 33.8 Å². The molecule has 0 atom stereocenters. The van der Waals surface area contributed by atoms with Crippen LogP contribution in [0.25, 0.3) is 0 Å². The molecule has 1 fully saturated rings. The largest absolute Gasteiger partial charge is 0.300 e. The van der Waals surface area contributed by atoms with E-state index in [2.05, 4.69) is 15.9 Å². The van der Waals surface area contributed by atoms with Crippen molar-refractivity contribution in [2.45, 2.75) is 13.0 Å². The Kier molecular flexibility index (Phi) is 5.47. The summed E-state index contributed by atoms with van der Waals surface area (Å²) in [6.45, 7) is 5.66. The third-order valence-electron chi connectivity index (χ3n) is 3.45. The summed E-state index contributed by atoms with van der Waals surface area (Å²) in [5.41, 5.74) is 1.01. The number of nitrogens with zero attached hydrogens (tertiary/aromatic N) is 3. The van der Waals surface area contributed by atoms with Crippen LogP contribution in [0.15, 0.2) is 18.2 Å². The molecule has 5 heteroatoms. The van der Waals surface area contributed by atoms with E-state index in [4.69, 9.17) is 28.5 Å². The van der Waals surface area contributed by atoms with E-state index in [1.807, 2.05) is 18.2 Å². The summed E-state index contributed by atoms with van der Waals surface area (Å²) in [5.74, 6) is 0. The molecule has 3 nitrogen and oxygen atoms in total. The number of hydrogen-bond donors (Lipinski definition) is 0. The number of piperazine rings is 1. The number of rotatable bonds is 4. The monoisotopic (exact) mass is 297 g/mol. The summed E-state index contributed by atoms with van der Waals surface area (Å²) < 4.78 is 0. The fourth-order valence-corrected chi connectivity index (χ4v) is 2.80. The highest BCUT2D eigenvalue weighted by Gasteiger charge is 2.18. The van der Waals surface area contributed by atoms with Crippen LogP contribution in [0, 0.1) is 11.3 Å². The van der Waals surface area contributed by atoms with Crippen LogP contribution in [0.3, 0.4) is 0 Å². The first-order chi connectivity index (χ1) is 9.20. The molecule has 0 aromatic heterocycles. The van der Waals surface area contributed by atoms with Crippen molar-refractivity contribution in [3.63, 3.8) is 0 Å². The summed E-state index contributed by atoms with van der Waals surface area (Å²) in [6.07, 6.45) is 0.607. The average molecular weight is 298 g/mol. The molecule has 0 radical (unpaired) electrons. The minimum absolute atomic E-state index is 0.607. The van der Waals surface area contributed by atoms with Crippen LogP contribution in [0.5, 0.6) is 0 Å². The maximum absolute atomic E-state index is 8.59. The maximum Gasteiger partial charge on any atom is 0.0635 e. The molecule has 19 heavy (non-hydrogen) atoms. The Morgan fingerprint density at radius 1 is 1.05 bits per heavy atom. The van der Waals surface area contributed by atoms with Crippen molar-refractivity contribution in [3.8, 4) is 6.07 Å². The molecule has 1 heterocycles. The van der Waals surface area contributed by atoms with Crippen LogP contribution in [-0.4, -0.2) is 42.5 Å². The molecule has 0 aliphatic carbocycles. The SMILES string of the molecule is N#CCCN1CCN(Cc2c(Cl)cccc2Cl)CC1. The Bertz CT molecular complexity index is 442. The summed E-state index contributed by atoms with van der Waals surface area (Å²) in [6, 6.07) is 7.82. The quantitative estimate of drug-likeness (QED) is 0.856. The van der Waals surface area contributed by atoms with Crippen molar-refractivity contribution in [2.75, 3.05) is 32.7 Å². The first-order valence-corrected chi connectivity index (χ1v) is 7.21. The number of halogens is 2. The smallest absolute Gasteiger partial charge is 0.0635 e. The molecular formula is C14H17Cl2N3. The number of nitriles is 1. The minimum Gasteiger partial charge on any atom is -0.300 e. The van der Waals surface area contributed by atoms with Gasteiger partial charge in [-0.3, -0.25) is 9.80 Å². The van der Waals surface area contributed by atoms with E-state index < -0.39 is 0 Å². The van der Waals surface area contributed by atoms with Gasteiger partial charge < -0.3 is 0 Å². The van der Waals surface area contributed by atoms with E-state index in [1.165, 1.54) is 0 Å². The van der Waals surface area contributed by atoms with E-state index in [9.17, 15) is 0 Å². The molecule has 0 N–H and O–H groups in total. The lowest BCUT2D eigenvalue weighted by atomic mass is 10.2. The Morgan fingerprint density at radius 2 is 1.63 bits per heavy atom. The van der Waals surface area contributed by atoms with Crippen LogP contribution >= 0.6 is 23.2 Å². The summed E-state index contributed by atoms with van der Waals surface area (Å²) in [5, 5.41) is 10.1. The lowest BCUT2D eigenvalue weighted by Gasteiger charge is -2.34. The highest BCUT2D eigenvalue weighted by molar-refractivity contribution is 6.35. The van der Waals surface area contributed by atoms with Crippen molar-refractivity contribution in [1.82, 2.24) is 9.80 Å². The molecule has 2 rings (SSSR count). The van der Waals surface area contributed by atoms with Crippen LogP contribution in [0.2, 0.25) is 10.0 Å². The van der Waals surface area contributed by atoms with Gasteiger partial charge in [0.2, 0.25) is 0 Å². The van der Waals surface area contributed by atoms with Crippen LogP contribution in [0.1, 0.15) is 12.0 Å². The summed E-state index contributed by atoms with van der Waals surface area (Å²) >= 11 is 12.4. The molecule has 0 saturated carbocycles. The first kappa shape index (κ1) is 14.6. The van der Waals surface area contributed by atoms with Crippen molar-refractivity contribution in [2.24, 2.45) is 0 Å². The topological polar surface area (TPSA) is 30.3 Å². The van der Waals surface area contributed by atoms with E-state index in [0.29, 0.717) is 6.42 Å². The fraction of sp³-hybridized carbons (Fsp3) is 0.500. The standard InChI is InChI=1S/C14H17Cl2N3/c15-13-3-1-4-14(16)12(13)11-19-9-7-18(8-10-19)6-2-5-17/h1,3-4H,2,6-11H2. The first-order valence-electron chi connectivity index (χ1n) is 6.45. The Labute approximate surface area is 124 Å². The summed E-state index contributed by atoms with van der Waals surface area (Å²) in [7, 11) is 0. The summed E-state index contributed by atoms with van der Waals surface area (Å²) in [4.78, 5) is 4.68. The maximum atomic E-state index is 8.59. The van der Waals surface area contributed by atoms with Crippen LogP contribution in [0.4, 0.5) is 0 Å². The van der Waals surface area contributed by atoms with E-state index in [-0.39, 0.29) is 0 Å². The second kappa shape index (κ2) is 7.12. The highest BCUT2D eigenvalue weighted by atomic mass is 35.5. The van der Waals surface area contributed by atoms with E-state index in [0.717, 1.165) is 54.9 Å². The van der Waals surface area contributed by atoms with Crippen molar-refractivity contribution in [1.29, 1.82) is 5.26 Å². The van der Waals surface area contributed by atoms with Gasteiger partial charge >= 0.3 is 0 Å². The van der Waals surface area contributed by atoms with Gasteiger partial charge in [-0.2, -0.15) is 5.26 Å². The zero-order valence-electron chi connectivity index (χ0n) is 10.8. The average Bonchev–Trinajstić information content (AvgIpc) is 2.42. The predicted octanol–water partition coefficient (Wildman–Crippen LogP) is 3.02. The lowest BCUT2D eigenvalue weighted by Crippen LogP contribution is -2.46. The second-order valence-electron chi connectivity index (χ2n) is 4.73. The third kappa shape index (κ3) is 4.09. The molecule has 0 bridgehead atoms. The molecule has 0 amide bonds. The Morgan fingerprint density at radius 3 is 2.21 bits per heavy atom. The molecule has 1 saturated heterocycles. The normalized spacial score (nSPS) is 17.3. The zero-order chi connectivity index (χ0) is 13.7. The third-order valence-corrected chi connectivity index (χ3v) is 4.16. The van der Waals surface area contributed by atoms with Gasteiger partial charge in [0.25, 0.3) is 0 Å². The molecule has 0 spiro atoms. The molecule has 1 aliphatic heterocycles. The van der Waals surface area contributed by atoms with Gasteiger partial charge in [0.15, 0.2) is 0 Å². The Hall–Kier alpha value is -0.790. The Balaban J connectivity index is 1.87. The fourth-order valence-electron chi connectivity index (χ4n) is 2.29. The van der Waals surface area contributed by atoms with Gasteiger partial charge in [-0.15, -0.1) is 0 Å². The van der Waals surface area contributed by atoms with Crippen LogP contribution in [-0.2, 0) is 6.54 Å². The van der Waals surface area contributed by atoms with Crippen molar-refractivity contribution < 1.29 is 0 Å². The highest BCUT2D eigenvalue weighted by Crippen LogP contribution is 2.25. The molecule has 1 aliphatic rings. The second-order valence-corrected chi connectivity index (χ2v) is 5.54. The molecule has 1 aromatic rings. The number of hydrogen-bond acceptors (Lipinski definition) is 3. The van der Waals surface area contributed by atoms with E-state index in [1.54, 1.807) is 0 Å². The van der Waals surface area contributed by atoms with E-state index >= 15 is 0 Å². The molecule has 1 aromatic carbocycles. The molecular weight excluding hydrogens is 281 g/mol. The predicted molar refractivity (Wildman–Crippen MR) is 78.4 cm³/mol. The molecule has 102 valence electrons. The van der Waals surface area contributed by atoms with Gasteiger partial charge in [-0.25, -0.2) is 0 Å². The van der Waals surface area contributed by atoms with Crippen LogP contribution < -0.4 is 0 Å². The lowest BCUT2D eigenvalue weighted by molar-refractivity contribution is 0.129. The van der Waals surface area contributed by atoms with Crippen molar-refractivity contribution >= 4 is 23.2 Å².